The van der Waals surface area contributed by atoms with E-state index in [0.29, 0.717) is 5.56 Å². The third kappa shape index (κ3) is 3.67. The summed E-state index contributed by atoms with van der Waals surface area (Å²) in [6.45, 7) is 4.14. The monoisotopic (exact) mass is 313 g/mol. The van der Waals surface area contributed by atoms with Crippen LogP contribution < -0.4 is 0 Å². The van der Waals surface area contributed by atoms with Gasteiger partial charge in [0.2, 0.25) is 0 Å². The Bertz CT molecular complexity index is 637. The van der Waals surface area contributed by atoms with Gasteiger partial charge in [-0.05, 0) is 29.8 Å². The molecule has 4 heteroatoms. The number of carbonyl (C=O) groups is 1. The van der Waals surface area contributed by atoms with Gasteiger partial charge in [-0.2, -0.15) is 0 Å². The van der Waals surface area contributed by atoms with Gasteiger partial charge in [-0.3, -0.25) is 9.69 Å². The van der Waals surface area contributed by atoms with E-state index in [1.54, 1.807) is 6.07 Å². The van der Waals surface area contributed by atoms with Crippen molar-refractivity contribution in [2.24, 2.45) is 0 Å². The molecule has 0 aromatic heterocycles. The Kier molecular flexibility index (Phi) is 4.76. The molecule has 1 heterocycles. The highest BCUT2D eigenvalue weighted by Crippen LogP contribution is 2.14. The fourth-order valence-corrected chi connectivity index (χ4v) is 2.91. The fourth-order valence-electron chi connectivity index (χ4n) is 2.70. The number of benzene rings is 2. The highest BCUT2D eigenvalue weighted by Gasteiger charge is 2.22. The van der Waals surface area contributed by atoms with Crippen LogP contribution in [0.1, 0.15) is 15.9 Å². The van der Waals surface area contributed by atoms with E-state index < -0.39 is 0 Å². The van der Waals surface area contributed by atoms with Crippen molar-refractivity contribution in [1.82, 2.24) is 9.80 Å². The fraction of sp³-hybridized carbons (Fsp3) is 0.278. The van der Waals surface area contributed by atoms with Gasteiger partial charge < -0.3 is 4.90 Å². The van der Waals surface area contributed by atoms with Crippen LogP contribution in [0, 0.1) is 6.07 Å². The minimum Gasteiger partial charge on any atom is -0.336 e. The van der Waals surface area contributed by atoms with E-state index >= 15 is 0 Å². The van der Waals surface area contributed by atoms with E-state index in [1.165, 1.54) is 5.56 Å². The first-order valence-corrected chi connectivity index (χ1v) is 7.83. The molecule has 0 unspecified atom stereocenters. The Labute approximate surface area is 136 Å². The van der Waals surface area contributed by atoms with Crippen molar-refractivity contribution < 1.29 is 4.79 Å². The van der Waals surface area contributed by atoms with Crippen LogP contribution in [0.3, 0.4) is 0 Å². The summed E-state index contributed by atoms with van der Waals surface area (Å²) in [4.78, 5) is 16.6. The molecule has 113 valence electrons. The second kappa shape index (κ2) is 6.95. The SMILES string of the molecule is O=C(c1[c]cccc1)N1CCN(Cc2cccc(Cl)c2)CC1. The Balaban J connectivity index is 1.55. The molecule has 2 aromatic carbocycles. The molecule has 1 aliphatic rings. The Morgan fingerprint density at radius 3 is 2.59 bits per heavy atom. The van der Waals surface area contributed by atoms with Crippen molar-refractivity contribution >= 4 is 17.5 Å². The van der Waals surface area contributed by atoms with Crippen molar-refractivity contribution in [2.75, 3.05) is 26.2 Å². The maximum atomic E-state index is 12.4. The van der Waals surface area contributed by atoms with Gasteiger partial charge in [0, 0.05) is 43.3 Å². The van der Waals surface area contributed by atoms with Crippen molar-refractivity contribution in [3.8, 4) is 0 Å². The number of hydrogen-bond donors (Lipinski definition) is 0. The van der Waals surface area contributed by atoms with Gasteiger partial charge in [0.25, 0.3) is 5.91 Å². The minimum absolute atomic E-state index is 0.0722. The summed E-state index contributed by atoms with van der Waals surface area (Å²) in [5, 5.41) is 0.769. The first kappa shape index (κ1) is 15.1. The summed E-state index contributed by atoms with van der Waals surface area (Å²) in [5.74, 6) is 0.0722. The molecule has 0 saturated carbocycles. The molecule has 2 aromatic rings. The normalized spacial score (nSPS) is 15.8. The maximum Gasteiger partial charge on any atom is 0.254 e. The van der Waals surface area contributed by atoms with Crippen LogP contribution in [-0.4, -0.2) is 41.9 Å². The molecule has 22 heavy (non-hydrogen) atoms. The summed E-state index contributed by atoms with van der Waals surface area (Å²) in [6, 6.07) is 18.3. The number of hydrogen-bond acceptors (Lipinski definition) is 2. The van der Waals surface area contributed by atoms with Crippen LogP contribution in [0.2, 0.25) is 5.02 Å². The largest absolute Gasteiger partial charge is 0.336 e. The number of nitrogens with zero attached hydrogens (tertiary/aromatic N) is 2. The van der Waals surface area contributed by atoms with Gasteiger partial charge in [0.15, 0.2) is 0 Å². The molecule has 1 fully saturated rings. The van der Waals surface area contributed by atoms with Gasteiger partial charge in [-0.25, -0.2) is 0 Å². The maximum absolute atomic E-state index is 12.4. The van der Waals surface area contributed by atoms with Crippen LogP contribution in [-0.2, 0) is 6.54 Å². The smallest absolute Gasteiger partial charge is 0.254 e. The third-order valence-electron chi connectivity index (χ3n) is 3.89. The van der Waals surface area contributed by atoms with Gasteiger partial charge in [-0.1, -0.05) is 41.9 Å². The lowest BCUT2D eigenvalue weighted by molar-refractivity contribution is 0.0628. The lowest BCUT2D eigenvalue weighted by Gasteiger charge is -2.34. The quantitative estimate of drug-likeness (QED) is 0.869. The van der Waals surface area contributed by atoms with Crippen LogP contribution in [0.25, 0.3) is 0 Å². The first-order chi connectivity index (χ1) is 10.7. The van der Waals surface area contributed by atoms with Crippen LogP contribution in [0.5, 0.6) is 0 Å². The zero-order valence-corrected chi connectivity index (χ0v) is 13.1. The number of rotatable bonds is 3. The molecule has 1 saturated heterocycles. The predicted molar refractivity (Wildman–Crippen MR) is 87.9 cm³/mol. The van der Waals surface area contributed by atoms with Gasteiger partial charge in [-0.15, -0.1) is 0 Å². The molecular formula is C18H18ClN2O. The Hall–Kier alpha value is -1.84. The summed E-state index contributed by atoms with van der Waals surface area (Å²) in [5.41, 5.74) is 1.86. The zero-order chi connectivity index (χ0) is 15.4. The Morgan fingerprint density at radius 1 is 1.09 bits per heavy atom. The minimum atomic E-state index is 0.0722. The zero-order valence-electron chi connectivity index (χ0n) is 12.3. The predicted octanol–water partition coefficient (Wildman–Crippen LogP) is 3.10. The molecule has 3 rings (SSSR count). The number of carbonyl (C=O) groups excluding carboxylic acids is 1. The van der Waals surface area contributed by atoms with Gasteiger partial charge in [0.05, 0.1) is 0 Å². The van der Waals surface area contributed by atoms with E-state index in [1.807, 2.05) is 41.3 Å². The summed E-state index contributed by atoms with van der Waals surface area (Å²) < 4.78 is 0. The molecule has 3 nitrogen and oxygen atoms in total. The van der Waals surface area contributed by atoms with Crippen LogP contribution >= 0.6 is 11.6 Å². The van der Waals surface area contributed by atoms with Gasteiger partial charge in [0.1, 0.15) is 0 Å². The second-order valence-corrected chi connectivity index (χ2v) is 5.91. The topological polar surface area (TPSA) is 23.6 Å². The number of piperazine rings is 1. The average molecular weight is 314 g/mol. The highest BCUT2D eigenvalue weighted by molar-refractivity contribution is 6.30. The lowest BCUT2D eigenvalue weighted by atomic mass is 10.1. The van der Waals surface area contributed by atoms with E-state index in [4.69, 9.17) is 11.6 Å². The third-order valence-corrected chi connectivity index (χ3v) is 4.13. The lowest BCUT2D eigenvalue weighted by Crippen LogP contribution is -2.48. The summed E-state index contributed by atoms with van der Waals surface area (Å²) >= 11 is 6.02. The molecule has 0 atom stereocenters. The van der Waals surface area contributed by atoms with Crippen LogP contribution in [0.15, 0.2) is 48.5 Å². The van der Waals surface area contributed by atoms with E-state index in [9.17, 15) is 4.79 Å². The van der Waals surface area contributed by atoms with Crippen molar-refractivity contribution in [2.45, 2.75) is 6.54 Å². The molecule has 0 bridgehead atoms. The summed E-state index contributed by atoms with van der Waals surface area (Å²) in [6.07, 6.45) is 0. The molecule has 1 amide bonds. The molecular weight excluding hydrogens is 296 g/mol. The average Bonchev–Trinajstić information content (AvgIpc) is 2.56. The molecule has 0 spiro atoms. The van der Waals surface area contributed by atoms with E-state index in [2.05, 4.69) is 17.0 Å². The number of amides is 1. The van der Waals surface area contributed by atoms with Crippen molar-refractivity contribution in [3.63, 3.8) is 0 Å². The molecule has 1 radical (unpaired) electrons. The molecule has 0 aliphatic carbocycles. The van der Waals surface area contributed by atoms with Gasteiger partial charge >= 0.3 is 0 Å². The Morgan fingerprint density at radius 2 is 1.91 bits per heavy atom. The van der Waals surface area contributed by atoms with E-state index in [0.717, 1.165) is 37.7 Å². The molecule has 0 N–H and O–H groups in total. The van der Waals surface area contributed by atoms with E-state index in [-0.39, 0.29) is 5.91 Å². The molecule has 1 aliphatic heterocycles. The summed E-state index contributed by atoms with van der Waals surface area (Å²) in [7, 11) is 0. The standard InChI is InChI=1S/C18H18ClN2O/c19-17-8-4-5-15(13-17)14-20-9-11-21(12-10-20)18(22)16-6-2-1-3-7-16/h1-6,8,13H,9-12,14H2. The second-order valence-electron chi connectivity index (χ2n) is 5.47. The number of halogens is 1. The van der Waals surface area contributed by atoms with Crippen molar-refractivity contribution in [1.29, 1.82) is 0 Å². The first-order valence-electron chi connectivity index (χ1n) is 7.45. The van der Waals surface area contributed by atoms with Crippen molar-refractivity contribution in [3.05, 3.63) is 70.7 Å². The highest BCUT2D eigenvalue weighted by atomic mass is 35.5. The van der Waals surface area contributed by atoms with Crippen LogP contribution in [0.4, 0.5) is 0 Å².